The van der Waals surface area contributed by atoms with Gasteiger partial charge in [0.2, 0.25) is 5.82 Å². The van der Waals surface area contributed by atoms with Crippen molar-refractivity contribution < 1.29 is 24.0 Å². The van der Waals surface area contributed by atoms with Gasteiger partial charge >= 0.3 is 11.7 Å². The predicted octanol–water partition coefficient (Wildman–Crippen LogP) is 1.47. The van der Waals surface area contributed by atoms with Gasteiger partial charge in [-0.2, -0.15) is 4.39 Å². The molecule has 0 heterocycles. The van der Waals surface area contributed by atoms with Crippen LogP contribution in [-0.4, -0.2) is 27.4 Å². The monoisotopic (exact) mass is 282 g/mol. The Morgan fingerprint density at radius 1 is 1.40 bits per heavy atom. The molecule has 1 aromatic rings. The number of aliphatic carboxylic acids is 1. The van der Waals surface area contributed by atoms with Crippen LogP contribution in [0.3, 0.4) is 0 Å². The number of carbonyl (C=O) groups excluding carboxylic acids is 1. The number of rotatable bonds is 4. The fraction of sp³-hybridized carbons (Fsp3) is 0.333. The fourth-order valence-electron chi connectivity index (χ4n) is 2.01. The van der Waals surface area contributed by atoms with Crippen molar-refractivity contribution in [3.63, 3.8) is 0 Å². The van der Waals surface area contributed by atoms with Crippen LogP contribution in [-0.2, 0) is 4.79 Å². The molecule has 8 heteroatoms. The van der Waals surface area contributed by atoms with Gasteiger partial charge in [-0.15, -0.1) is 0 Å². The van der Waals surface area contributed by atoms with Crippen LogP contribution in [0.2, 0.25) is 0 Å². The highest BCUT2D eigenvalue weighted by Gasteiger charge is 2.45. The van der Waals surface area contributed by atoms with Gasteiger partial charge in [0.15, 0.2) is 0 Å². The third kappa shape index (κ3) is 2.31. The second-order valence-corrected chi connectivity index (χ2v) is 4.62. The summed E-state index contributed by atoms with van der Waals surface area (Å²) < 4.78 is 13.4. The lowest BCUT2D eigenvalue weighted by Gasteiger charge is -2.38. The van der Waals surface area contributed by atoms with E-state index >= 15 is 0 Å². The predicted molar refractivity (Wildman–Crippen MR) is 64.7 cm³/mol. The van der Waals surface area contributed by atoms with Crippen molar-refractivity contribution in [2.45, 2.75) is 24.8 Å². The van der Waals surface area contributed by atoms with Gasteiger partial charge in [0.1, 0.15) is 5.54 Å². The first kappa shape index (κ1) is 13.9. The molecular formula is C12H11FN2O5. The lowest BCUT2D eigenvalue weighted by Crippen LogP contribution is -2.59. The van der Waals surface area contributed by atoms with Gasteiger partial charge in [0.05, 0.1) is 4.92 Å². The number of benzene rings is 1. The van der Waals surface area contributed by atoms with Crippen LogP contribution < -0.4 is 5.32 Å². The second kappa shape index (κ2) is 4.87. The third-order valence-electron chi connectivity index (χ3n) is 3.38. The lowest BCUT2D eigenvalue weighted by atomic mass is 9.76. The van der Waals surface area contributed by atoms with Crippen LogP contribution in [0.5, 0.6) is 0 Å². The Hall–Kier alpha value is -2.51. The SMILES string of the molecule is O=C(NC1(C(=O)O)CCC1)c1ccc([N+](=O)[O-])c(F)c1. The van der Waals surface area contributed by atoms with Gasteiger partial charge in [0, 0.05) is 11.6 Å². The summed E-state index contributed by atoms with van der Waals surface area (Å²) >= 11 is 0. The Bertz CT molecular complexity index is 598. The van der Waals surface area contributed by atoms with Crippen molar-refractivity contribution >= 4 is 17.6 Å². The summed E-state index contributed by atoms with van der Waals surface area (Å²) in [6.45, 7) is 0. The van der Waals surface area contributed by atoms with E-state index in [0.29, 0.717) is 19.3 Å². The zero-order valence-electron chi connectivity index (χ0n) is 10.3. The van der Waals surface area contributed by atoms with E-state index < -0.39 is 33.8 Å². The zero-order valence-corrected chi connectivity index (χ0v) is 10.3. The summed E-state index contributed by atoms with van der Waals surface area (Å²) in [5.41, 5.74) is -2.20. The molecule has 106 valence electrons. The first-order valence-corrected chi connectivity index (χ1v) is 5.85. The number of carboxylic acids is 1. The Morgan fingerprint density at radius 3 is 2.45 bits per heavy atom. The molecule has 0 atom stereocenters. The van der Waals surface area contributed by atoms with Crippen molar-refractivity contribution in [3.05, 3.63) is 39.7 Å². The zero-order chi connectivity index (χ0) is 14.9. The number of hydrogen-bond acceptors (Lipinski definition) is 4. The minimum atomic E-state index is -1.31. The molecule has 2 rings (SSSR count). The molecule has 0 unspecified atom stereocenters. The fourth-order valence-corrected chi connectivity index (χ4v) is 2.01. The van der Waals surface area contributed by atoms with Crippen molar-refractivity contribution in [2.75, 3.05) is 0 Å². The number of nitro benzene ring substituents is 1. The Kier molecular flexibility index (Phi) is 3.39. The van der Waals surface area contributed by atoms with Crippen LogP contribution in [0.4, 0.5) is 10.1 Å². The van der Waals surface area contributed by atoms with Crippen molar-refractivity contribution in [1.82, 2.24) is 5.32 Å². The molecule has 0 aromatic heterocycles. The number of halogens is 1. The van der Waals surface area contributed by atoms with Gasteiger partial charge in [-0.25, -0.2) is 4.79 Å². The maximum atomic E-state index is 13.4. The summed E-state index contributed by atoms with van der Waals surface area (Å²) in [6.07, 6.45) is 1.30. The molecule has 0 saturated heterocycles. The summed E-state index contributed by atoms with van der Waals surface area (Å²) in [5, 5.41) is 21.9. The summed E-state index contributed by atoms with van der Waals surface area (Å²) in [7, 11) is 0. The molecule has 1 fully saturated rings. The largest absolute Gasteiger partial charge is 0.480 e. The molecule has 0 spiro atoms. The molecule has 1 aliphatic rings. The minimum absolute atomic E-state index is 0.152. The van der Waals surface area contributed by atoms with E-state index in [4.69, 9.17) is 5.11 Å². The Morgan fingerprint density at radius 2 is 2.05 bits per heavy atom. The molecule has 0 radical (unpaired) electrons. The maximum absolute atomic E-state index is 13.4. The molecule has 0 bridgehead atoms. The Labute approximate surface area is 112 Å². The highest BCUT2D eigenvalue weighted by atomic mass is 19.1. The van der Waals surface area contributed by atoms with Crippen molar-refractivity contribution in [2.24, 2.45) is 0 Å². The Balaban J connectivity index is 2.20. The van der Waals surface area contributed by atoms with E-state index in [1.807, 2.05) is 0 Å². The van der Waals surface area contributed by atoms with E-state index in [1.165, 1.54) is 0 Å². The second-order valence-electron chi connectivity index (χ2n) is 4.62. The standard InChI is InChI=1S/C12H11FN2O5/c13-8-6-7(2-3-9(8)15(19)20)10(16)14-12(11(17)18)4-1-5-12/h2-3,6H,1,4-5H2,(H,14,16)(H,17,18). The number of hydrogen-bond donors (Lipinski definition) is 2. The van der Waals surface area contributed by atoms with Gasteiger partial charge in [-0.3, -0.25) is 14.9 Å². The van der Waals surface area contributed by atoms with Crippen LogP contribution in [0.15, 0.2) is 18.2 Å². The molecule has 1 saturated carbocycles. The third-order valence-corrected chi connectivity index (χ3v) is 3.38. The average molecular weight is 282 g/mol. The average Bonchev–Trinajstić information content (AvgIpc) is 2.32. The number of nitrogens with zero attached hydrogens (tertiary/aromatic N) is 1. The van der Waals surface area contributed by atoms with Crippen LogP contribution in [0.1, 0.15) is 29.6 Å². The molecule has 0 aliphatic heterocycles. The summed E-state index contributed by atoms with van der Waals surface area (Å²) in [5.74, 6) is -3.04. The number of nitrogens with one attached hydrogen (secondary N) is 1. The van der Waals surface area contributed by atoms with Gasteiger partial charge in [0.25, 0.3) is 5.91 Å². The summed E-state index contributed by atoms with van der Waals surface area (Å²) in [4.78, 5) is 32.5. The van der Waals surface area contributed by atoms with E-state index in [0.717, 1.165) is 18.2 Å². The number of carboxylic acid groups (broad SMARTS) is 1. The molecule has 2 N–H and O–H groups in total. The maximum Gasteiger partial charge on any atom is 0.329 e. The first-order chi connectivity index (χ1) is 9.35. The molecule has 1 aliphatic carbocycles. The van der Waals surface area contributed by atoms with Gasteiger partial charge < -0.3 is 10.4 Å². The smallest absolute Gasteiger partial charge is 0.329 e. The van der Waals surface area contributed by atoms with Gasteiger partial charge in [-0.05, 0) is 31.4 Å². The highest BCUT2D eigenvalue weighted by molar-refractivity contribution is 5.98. The van der Waals surface area contributed by atoms with E-state index in [-0.39, 0.29) is 5.56 Å². The quantitative estimate of drug-likeness (QED) is 0.642. The first-order valence-electron chi connectivity index (χ1n) is 5.85. The van der Waals surface area contributed by atoms with Crippen LogP contribution in [0, 0.1) is 15.9 Å². The molecule has 7 nitrogen and oxygen atoms in total. The number of nitro groups is 1. The van der Waals surface area contributed by atoms with Crippen molar-refractivity contribution in [3.8, 4) is 0 Å². The highest BCUT2D eigenvalue weighted by Crippen LogP contribution is 2.32. The molecule has 20 heavy (non-hydrogen) atoms. The number of carbonyl (C=O) groups is 2. The van der Waals surface area contributed by atoms with E-state index in [2.05, 4.69) is 5.32 Å². The van der Waals surface area contributed by atoms with Crippen molar-refractivity contribution in [1.29, 1.82) is 0 Å². The van der Waals surface area contributed by atoms with E-state index in [1.54, 1.807) is 0 Å². The summed E-state index contributed by atoms with van der Waals surface area (Å²) in [6, 6.07) is 2.69. The lowest BCUT2D eigenvalue weighted by molar-refractivity contribution is -0.387. The van der Waals surface area contributed by atoms with Crippen LogP contribution in [0.25, 0.3) is 0 Å². The van der Waals surface area contributed by atoms with E-state index in [9.17, 15) is 24.1 Å². The molecule has 1 amide bonds. The molecule has 1 aromatic carbocycles. The normalized spacial score (nSPS) is 16.1. The van der Waals surface area contributed by atoms with Gasteiger partial charge in [-0.1, -0.05) is 0 Å². The minimum Gasteiger partial charge on any atom is -0.480 e. The number of amides is 1. The topological polar surface area (TPSA) is 110 Å². The molecular weight excluding hydrogens is 271 g/mol. The van der Waals surface area contributed by atoms with Crippen LogP contribution >= 0.6 is 0 Å².